The number of carbonyl (C=O) groups excluding carboxylic acids is 1. The van der Waals surface area contributed by atoms with Gasteiger partial charge in [-0.3, -0.25) is 0 Å². The maximum absolute atomic E-state index is 12.4. The maximum atomic E-state index is 12.4. The number of fused-ring (bicyclic) bond motifs is 1. The minimum Gasteiger partial charge on any atom is -0.457 e. The predicted octanol–water partition coefficient (Wildman–Crippen LogP) is 6.71. The summed E-state index contributed by atoms with van der Waals surface area (Å²) in [6, 6.07) is 23.3. The first-order valence-electron chi connectivity index (χ1n) is 10.6. The summed E-state index contributed by atoms with van der Waals surface area (Å²) < 4.78 is 17.2. The van der Waals surface area contributed by atoms with E-state index in [4.69, 9.17) is 14.2 Å². The van der Waals surface area contributed by atoms with Crippen molar-refractivity contribution in [3.8, 4) is 17.2 Å². The molecule has 0 aliphatic rings. The number of aryl methyl sites for hydroxylation is 4. The van der Waals surface area contributed by atoms with Gasteiger partial charge in [0.1, 0.15) is 17.2 Å². The average molecular weight is 427 g/mol. The van der Waals surface area contributed by atoms with Crippen molar-refractivity contribution < 1.29 is 19.0 Å². The molecule has 0 bridgehead atoms. The van der Waals surface area contributed by atoms with Crippen molar-refractivity contribution in [2.45, 2.75) is 27.7 Å². The summed E-state index contributed by atoms with van der Waals surface area (Å²) in [5.41, 5.74) is 4.52. The lowest BCUT2D eigenvalue weighted by Gasteiger charge is -2.14. The molecule has 0 aliphatic heterocycles. The van der Waals surface area contributed by atoms with Gasteiger partial charge in [-0.05, 0) is 86.0 Å². The Bertz CT molecular complexity index is 1270. The van der Waals surface area contributed by atoms with Crippen molar-refractivity contribution >= 4 is 16.7 Å². The lowest BCUT2D eigenvalue weighted by molar-refractivity contribution is 0.0732. The van der Waals surface area contributed by atoms with Crippen molar-refractivity contribution in [1.82, 2.24) is 0 Å². The lowest BCUT2D eigenvalue weighted by Crippen LogP contribution is -2.10. The van der Waals surface area contributed by atoms with Crippen molar-refractivity contribution in [3.05, 3.63) is 101 Å². The van der Waals surface area contributed by atoms with Gasteiger partial charge < -0.3 is 14.2 Å². The molecule has 0 unspecified atom stereocenters. The van der Waals surface area contributed by atoms with E-state index in [0.29, 0.717) is 17.1 Å². The van der Waals surface area contributed by atoms with Gasteiger partial charge in [-0.25, -0.2) is 4.79 Å². The van der Waals surface area contributed by atoms with E-state index < -0.39 is 0 Å². The van der Waals surface area contributed by atoms with Gasteiger partial charge in [-0.1, -0.05) is 47.5 Å². The molecule has 0 N–H and O–H groups in total. The van der Waals surface area contributed by atoms with E-state index in [-0.39, 0.29) is 12.8 Å². The second kappa shape index (κ2) is 9.15. The van der Waals surface area contributed by atoms with Crippen molar-refractivity contribution in [1.29, 1.82) is 0 Å². The summed E-state index contributed by atoms with van der Waals surface area (Å²) >= 11 is 0. The van der Waals surface area contributed by atoms with Crippen LogP contribution >= 0.6 is 0 Å². The highest BCUT2D eigenvalue weighted by Gasteiger charge is 2.13. The number of rotatable bonds is 6. The molecule has 4 aromatic rings. The van der Waals surface area contributed by atoms with Crippen molar-refractivity contribution in [2.75, 3.05) is 6.79 Å². The summed E-state index contributed by atoms with van der Waals surface area (Å²) in [5.74, 6) is 1.58. The number of esters is 1. The monoisotopic (exact) mass is 426 g/mol. The van der Waals surface area contributed by atoms with E-state index >= 15 is 0 Å². The van der Waals surface area contributed by atoms with Gasteiger partial charge in [0.05, 0.1) is 5.56 Å². The third-order valence-corrected chi connectivity index (χ3v) is 5.37. The van der Waals surface area contributed by atoms with Crippen LogP contribution in [0.3, 0.4) is 0 Å². The van der Waals surface area contributed by atoms with Gasteiger partial charge in [0.15, 0.2) is 0 Å². The Hall–Kier alpha value is -3.79. The molecule has 0 aliphatic carbocycles. The molecular formula is C28H26O4. The number of ether oxygens (including phenoxy) is 3. The minimum atomic E-state index is -0.379. The molecule has 0 heterocycles. The van der Waals surface area contributed by atoms with Gasteiger partial charge in [-0.2, -0.15) is 0 Å². The Labute approximate surface area is 188 Å². The quantitative estimate of drug-likeness (QED) is 0.195. The van der Waals surface area contributed by atoms with E-state index in [1.54, 1.807) is 12.1 Å². The predicted molar refractivity (Wildman–Crippen MR) is 127 cm³/mol. The van der Waals surface area contributed by atoms with Crippen LogP contribution in [0.25, 0.3) is 10.8 Å². The number of hydrogen-bond donors (Lipinski definition) is 0. The van der Waals surface area contributed by atoms with Crippen molar-refractivity contribution in [3.63, 3.8) is 0 Å². The topological polar surface area (TPSA) is 44.8 Å². The van der Waals surface area contributed by atoms with E-state index in [1.165, 1.54) is 10.9 Å². The first kappa shape index (κ1) is 21.4. The Kier molecular flexibility index (Phi) is 6.13. The zero-order valence-corrected chi connectivity index (χ0v) is 18.8. The zero-order chi connectivity index (χ0) is 22.7. The Morgan fingerprint density at radius 1 is 0.656 bits per heavy atom. The van der Waals surface area contributed by atoms with E-state index in [2.05, 4.69) is 25.1 Å². The standard InChI is InChI=1S/C28H26O4/c1-18-5-8-22(9-6-18)28(29)32-27-15-20(3)26(14-21(27)4)31-17-30-25-12-11-23-13-19(2)7-10-24(23)16-25/h5-16H,17H2,1-4H3. The van der Waals surface area contributed by atoms with Crippen LogP contribution in [0.1, 0.15) is 32.6 Å². The SMILES string of the molecule is Cc1ccc(C(=O)Oc2cc(C)c(OCOc3ccc4cc(C)ccc4c3)cc2C)cc1. The fourth-order valence-electron chi connectivity index (χ4n) is 3.47. The molecule has 0 spiro atoms. The van der Waals surface area contributed by atoms with Gasteiger partial charge in [-0.15, -0.1) is 0 Å². The summed E-state index contributed by atoms with van der Waals surface area (Å²) in [5, 5.41) is 2.31. The highest BCUT2D eigenvalue weighted by Crippen LogP contribution is 2.29. The van der Waals surface area contributed by atoms with Crippen LogP contribution in [0.4, 0.5) is 0 Å². The molecule has 0 aromatic heterocycles. The van der Waals surface area contributed by atoms with Crippen LogP contribution in [0.5, 0.6) is 17.2 Å². The fourth-order valence-corrected chi connectivity index (χ4v) is 3.47. The zero-order valence-electron chi connectivity index (χ0n) is 18.8. The van der Waals surface area contributed by atoms with Gasteiger partial charge in [0.25, 0.3) is 0 Å². The molecule has 0 radical (unpaired) electrons. The van der Waals surface area contributed by atoms with Crippen LogP contribution in [0.2, 0.25) is 0 Å². The average Bonchev–Trinajstić information content (AvgIpc) is 2.77. The van der Waals surface area contributed by atoms with E-state index in [1.807, 2.05) is 63.2 Å². The molecule has 162 valence electrons. The van der Waals surface area contributed by atoms with Gasteiger partial charge >= 0.3 is 5.97 Å². The third-order valence-electron chi connectivity index (χ3n) is 5.37. The fraction of sp³-hybridized carbons (Fsp3) is 0.179. The molecule has 0 amide bonds. The summed E-state index contributed by atoms with van der Waals surface area (Å²) in [6.45, 7) is 7.94. The second-order valence-electron chi connectivity index (χ2n) is 8.06. The molecule has 0 fully saturated rings. The van der Waals surface area contributed by atoms with Crippen LogP contribution < -0.4 is 14.2 Å². The minimum absolute atomic E-state index is 0.0835. The Morgan fingerprint density at radius 3 is 2.06 bits per heavy atom. The normalized spacial score (nSPS) is 10.8. The molecule has 4 nitrogen and oxygen atoms in total. The first-order valence-corrected chi connectivity index (χ1v) is 10.6. The van der Waals surface area contributed by atoms with E-state index in [9.17, 15) is 4.79 Å². The maximum Gasteiger partial charge on any atom is 0.343 e. The molecule has 4 rings (SSSR count). The lowest BCUT2D eigenvalue weighted by atomic mass is 10.1. The molecule has 0 saturated carbocycles. The summed E-state index contributed by atoms with van der Waals surface area (Å²) in [4.78, 5) is 12.4. The van der Waals surface area contributed by atoms with Gasteiger partial charge in [0.2, 0.25) is 6.79 Å². The third kappa shape index (κ3) is 4.92. The van der Waals surface area contributed by atoms with Crippen LogP contribution in [0.15, 0.2) is 72.8 Å². The first-order chi connectivity index (χ1) is 15.4. The number of benzene rings is 4. The number of carbonyl (C=O) groups is 1. The van der Waals surface area contributed by atoms with Crippen LogP contribution in [0, 0.1) is 27.7 Å². The molecule has 32 heavy (non-hydrogen) atoms. The smallest absolute Gasteiger partial charge is 0.343 e. The second-order valence-corrected chi connectivity index (χ2v) is 8.06. The highest BCUT2D eigenvalue weighted by atomic mass is 16.7. The van der Waals surface area contributed by atoms with Gasteiger partial charge in [0, 0.05) is 0 Å². The van der Waals surface area contributed by atoms with E-state index in [0.717, 1.165) is 27.8 Å². The molecule has 4 heteroatoms. The summed E-state index contributed by atoms with van der Waals surface area (Å²) in [6.07, 6.45) is 0. The van der Waals surface area contributed by atoms with Crippen molar-refractivity contribution in [2.24, 2.45) is 0 Å². The number of hydrogen-bond acceptors (Lipinski definition) is 4. The molecular weight excluding hydrogens is 400 g/mol. The Balaban J connectivity index is 1.40. The molecule has 0 saturated heterocycles. The highest BCUT2D eigenvalue weighted by molar-refractivity contribution is 5.91. The largest absolute Gasteiger partial charge is 0.457 e. The molecule has 4 aromatic carbocycles. The van der Waals surface area contributed by atoms with Crippen LogP contribution in [-0.4, -0.2) is 12.8 Å². The summed E-state index contributed by atoms with van der Waals surface area (Å²) in [7, 11) is 0. The molecule has 0 atom stereocenters. The van der Waals surface area contributed by atoms with Crippen LogP contribution in [-0.2, 0) is 0 Å². The Morgan fingerprint density at radius 2 is 1.28 bits per heavy atom.